The van der Waals surface area contributed by atoms with Crippen LogP contribution in [-0.4, -0.2) is 29.3 Å². The second kappa shape index (κ2) is 5.68. The molecule has 25 heavy (non-hydrogen) atoms. The minimum atomic E-state index is -0.271. The molecule has 0 spiro atoms. The molecule has 3 N–H and O–H groups in total. The molecule has 0 aromatic carbocycles. The smallest absolute Gasteiger partial charge is 0.302 e. The van der Waals surface area contributed by atoms with Gasteiger partial charge in [0, 0.05) is 18.4 Å². The monoisotopic (exact) mass is 345 g/mol. The third-order valence-electron chi connectivity index (χ3n) is 7.84. The first-order valence-corrected chi connectivity index (χ1v) is 9.80. The van der Waals surface area contributed by atoms with Crippen molar-refractivity contribution in [3.05, 3.63) is 22.8 Å². The lowest BCUT2D eigenvalue weighted by atomic mass is 9.54. The maximum atomic E-state index is 11.5. The molecule has 0 bridgehead atoms. The van der Waals surface area contributed by atoms with E-state index in [0.717, 1.165) is 44.9 Å². The number of hydrogen-bond acceptors (Lipinski definition) is 4. The lowest BCUT2D eigenvalue weighted by Gasteiger charge is -2.51. The van der Waals surface area contributed by atoms with E-state index in [4.69, 9.17) is 10.5 Å². The van der Waals surface area contributed by atoms with Crippen LogP contribution in [0, 0.1) is 16.7 Å². The number of carbonyl (C=O) groups excluding carboxylic acids is 1. The van der Waals surface area contributed by atoms with Crippen molar-refractivity contribution >= 4 is 5.97 Å². The van der Waals surface area contributed by atoms with Crippen molar-refractivity contribution in [2.24, 2.45) is 22.5 Å². The minimum absolute atomic E-state index is 0.0324. The number of carbonyl (C=O) groups is 1. The van der Waals surface area contributed by atoms with Gasteiger partial charge in [-0.3, -0.25) is 4.79 Å². The molecular formula is C21H31NO3. The Balaban J connectivity index is 1.72. The molecule has 0 aromatic rings. The van der Waals surface area contributed by atoms with Crippen LogP contribution in [0.2, 0.25) is 0 Å². The molecular weight excluding hydrogens is 314 g/mol. The van der Waals surface area contributed by atoms with Gasteiger partial charge in [0.1, 0.15) is 6.10 Å². The largest absolute Gasteiger partial charge is 0.461 e. The Kier molecular flexibility index (Phi) is 3.93. The van der Waals surface area contributed by atoms with E-state index in [2.05, 4.69) is 19.9 Å². The fourth-order valence-corrected chi connectivity index (χ4v) is 6.31. The summed E-state index contributed by atoms with van der Waals surface area (Å²) in [6, 6.07) is -0.0756. The summed E-state index contributed by atoms with van der Waals surface area (Å²) in [5.74, 6) is 0.208. The minimum Gasteiger partial charge on any atom is -0.461 e. The summed E-state index contributed by atoms with van der Waals surface area (Å²) in [6.45, 7) is 6.15. The quantitative estimate of drug-likeness (QED) is 0.565. The summed E-state index contributed by atoms with van der Waals surface area (Å²) in [7, 11) is 0. The molecule has 0 amide bonds. The van der Waals surface area contributed by atoms with E-state index in [1.165, 1.54) is 12.5 Å². The van der Waals surface area contributed by atoms with Crippen LogP contribution in [0.25, 0.3) is 0 Å². The summed E-state index contributed by atoms with van der Waals surface area (Å²) < 4.78 is 5.58. The lowest BCUT2D eigenvalue weighted by Crippen LogP contribution is -2.47. The van der Waals surface area contributed by atoms with E-state index in [-0.39, 0.29) is 35.0 Å². The van der Waals surface area contributed by atoms with E-state index < -0.39 is 0 Å². The van der Waals surface area contributed by atoms with Gasteiger partial charge in [-0.2, -0.15) is 0 Å². The molecule has 4 heteroatoms. The van der Waals surface area contributed by atoms with E-state index in [1.807, 2.05) is 0 Å². The standard InChI is InChI=1S/C21H31NO3/c1-12(23)25-18-11-17-15-5-4-13-10-14(24)6-8-20(13,2)16(15)7-9-21(17,3)19(18)22/h10,14,17-19,24H,4-9,11,22H2,1-3H3/t14?,17-,18?,19?,20-,21-/m0/s1. The van der Waals surface area contributed by atoms with Crippen LogP contribution in [-0.2, 0) is 9.53 Å². The van der Waals surface area contributed by atoms with E-state index in [0.29, 0.717) is 5.92 Å². The zero-order chi connectivity index (χ0) is 18.0. The Hall–Kier alpha value is -1.13. The van der Waals surface area contributed by atoms with Gasteiger partial charge >= 0.3 is 5.97 Å². The first-order valence-electron chi connectivity index (χ1n) is 9.80. The summed E-state index contributed by atoms with van der Waals surface area (Å²) in [4.78, 5) is 11.5. The highest BCUT2D eigenvalue weighted by atomic mass is 16.5. The van der Waals surface area contributed by atoms with Gasteiger partial charge in [-0.1, -0.05) is 36.6 Å². The van der Waals surface area contributed by atoms with Crippen molar-refractivity contribution in [1.82, 2.24) is 0 Å². The van der Waals surface area contributed by atoms with Gasteiger partial charge in [-0.25, -0.2) is 0 Å². The van der Waals surface area contributed by atoms with Crippen molar-refractivity contribution in [3.63, 3.8) is 0 Å². The number of allylic oxidation sites excluding steroid dienone is 3. The molecule has 0 aromatic heterocycles. The van der Waals surface area contributed by atoms with Gasteiger partial charge in [0.25, 0.3) is 0 Å². The fourth-order valence-electron chi connectivity index (χ4n) is 6.31. The topological polar surface area (TPSA) is 72.5 Å². The van der Waals surface area contributed by atoms with Gasteiger partial charge in [0.05, 0.1) is 6.10 Å². The molecule has 0 aliphatic heterocycles. The number of nitrogens with two attached hydrogens (primary N) is 1. The summed E-state index contributed by atoms with van der Waals surface area (Å²) >= 11 is 0. The Labute approximate surface area is 150 Å². The molecule has 4 aliphatic carbocycles. The highest BCUT2D eigenvalue weighted by Crippen LogP contribution is 2.62. The van der Waals surface area contributed by atoms with E-state index >= 15 is 0 Å². The second-order valence-electron chi connectivity index (χ2n) is 9.10. The number of fused-ring (bicyclic) bond motifs is 4. The van der Waals surface area contributed by atoms with Crippen LogP contribution in [0.4, 0.5) is 0 Å². The Bertz CT molecular complexity index is 666. The average molecular weight is 345 g/mol. The van der Waals surface area contributed by atoms with Crippen molar-refractivity contribution < 1.29 is 14.6 Å². The van der Waals surface area contributed by atoms with Gasteiger partial charge < -0.3 is 15.6 Å². The van der Waals surface area contributed by atoms with Gasteiger partial charge in [0.2, 0.25) is 0 Å². The van der Waals surface area contributed by atoms with Crippen molar-refractivity contribution in [3.8, 4) is 0 Å². The number of aliphatic hydroxyl groups excluding tert-OH is 1. The highest BCUT2D eigenvalue weighted by molar-refractivity contribution is 5.66. The molecule has 1 fully saturated rings. The average Bonchev–Trinajstić information content (AvgIpc) is 2.79. The van der Waals surface area contributed by atoms with Crippen LogP contribution >= 0.6 is 0 Å². The third-order valence-corrected chi connectivity index (χ3v) is 7.84. The number of aliphatic hydroxyl groups is 1. The molecule has 0 heterocycles. The zero-order valence-electron chi connectivity index (χ0n) is 15.7. The predicted molar refractivity (Wildman–Crippen MR) is 96.7 cm³/mol. The third kappa shape index (κ3) is 2.44. The fraction of sp³-hybridized carbons (Fsp3) is 0.762. The molecule has 4 aliphatic rings. The van der Waals surface area contributed by atoms with Gasteiger partial charge in [0.15, 0.2) is 0 Å². The predicted octanol–water partition coefficient (Wildman–Crippen LogP) is 3.24. The van der Waals surface area contributed by atoms with E-state index in [1.54, 1.807) is 11.1 Å². The molecule has 6 atom stereocenters. The van der Waals surface area contributed by atoms with Crippen molar-refractivity contribution in [2.75, 3.05) is 0 Å². The number of rotatable bonds is 1. The normalized spacial score (nSPS) is 46.0. The van der Waals surface area contributed by atoms with Crippen LogP contribution in [0.1, 0.15) is 65.7 Å². The maximum Gasteiger partial charge on any atom is 0.302 e. The molecule has 138 valence electrons. The summed E-state index contributed by atoms with van der Waals surface area (Å²) in [6.07, 6.45) is 8.74. The first kappa shape index (κ1) is 17.3. The van der Waals surface area contributed by atoms with Gasteiger partial charge in [-0.15, -0.1) is 0 Å². The Morgan fingerprint density at radius 3 is 2.76 bits per heavy atom. The molecule has 3 unspecified atom stereocenters. The van der Waals surface area contributed by atoms with Crippen LogP contribution in [0.5, 0.6) is 0 Å². The van der Waals surface area contributed by atoms with Crippen molar-refractivity contribution in [1.29, 1.82) is 0 Å². The van der Waals surface area contributed by atoms with Crippen LogP contribution in [0.3, 0.4) is 0 Å². The summed E-state index contributed by atoms with van der Waals surface area (Å²) in [5.41, 5.74) is 11.4. The van der Waals surface area contributed by atoms with Gasteiger partial charge in [-0.05, 0) is 56.3 Å². The SMILES string of the molecule is CC(=O)OC1C[C@H]2C3=C(CC[C@]2(C)C1N)[C@@]1(C)CCC(O)C=C1CC3. The Morgan fingerprint density at radius 2 is 2.04 bits per heavy atom. The van der Waals surface area contributed by atoms with Crippen LogP contribution < -0.4 is 5.73 Å². The lowest BCUT2D eigenvalue weighted by molar-refractivity contribution is -0.147. The summed E-state index contributed by atoms with van der Waals surface area (Å²) in [5, 5.41) is 10.0. The van der Waals surface area contributed by atoms with Crippen molar-refractivity contribution in [2.45, 2.75) is 84.0 Å². The number of esters is 1. The molecule has 0 radical (unpaired) electrons. The first-order chi connectivity index (χ1) is 11.8. The Morgan fingerprint density at radius 1 is 1.28 bits per heavy atom. The highest BCUT2D eigenvalue weighted by Gasteiger charge is 2.57. The second-order valence-corrected chi connectivity index (χ2v) is 9.10. The number of hydrogen-bond donors (Lipinski definition) is 2. The van der Waals surface area contributed by atoms with E-state index in [9.17, 15) is 9.90 Å². The zero-order valence-corrected chi connectivity index (χ0v) is 15.7. The molecule has 0 saturated heterocycles. The molecule has 4 nitrogen and oxygen atoms in total. The number of ether oxygens (including phenoxy) is 1. The maximum absolute atomic E-state index is 11.5. The molecule has 1 saturated carbocycles. The van der Waals surface area contributed by atoms with Crippen LogP contribution in [0.15, 0.2) is 22.8 Å². The molecule has 4 rings (SSSR count).